The van der Waals surface area contributed by atoms with E-state index in [1.807, 2.05) is 0 Å². The highest BCUT2D eigenvalue weighted by Crippen LogP contribution is 2.59. The summed E-state index contributed by atoms with van der Waals surface area (Å²) < 4.78 is 18.9. The summed E-state index contributed by atoms with van der Waals surface area (Å²) in [5.74, 6) is -2.84. The van der Waals surface area contributed by atoms with Crippen LogP contribution in [-0.2, 0) is 14.2 Å². The maximum atomic E-state index is 13.4. The van der Waals surface area contributed by atoms with Crippen LogP contribution in [0, 0.1) is 0 Å². The Morgan fingerprint density at radius 1 is 0.957 bits per heavy atom. The molecule has 0 aromatic heterocycles. The van der Waals surface area contributed by atoms with Gasteiger partial charge in [-0.15, -0.1) is 0 Å². The summed E-state index contributed by atoms with van der Waals surface area (Å²) in [5, 5.41) is 17.6. The summed E-state index contributed by atoms with van der Waals surface area (Å²) in [7, 11) is -4.08. The molecule has 0 amide bonds. The van der Waals surface area contributed by atoms with Gasteiger partial charge in [-0.1, -0.05) is 36.4 Å². The number of aliphatic carboxylic acids is 2. The fourth-order valence-electron chi connectivity index (χ4n) is 2.48. The van der Waals surface area contributed by atoms with Crippen molar-refractivity contribution in [1.82, 2.24) is 0 Å². The molecule has 3 rings (SSSR count). The number of rotatable bonds is 3. The van der Waals surface area contributed by atoms with E-state index in [2.05, 4.69) is 0 Å². The predicted molar refractivity (Wildman–Crippen MR) is 83.1 cm³/mol. The van der Waals surface area contributed by atoms with E-state index in [4.69, 9.17) is 9.63 Å². The smallest absolute Gasteiger partial charge is 0.343 e. The number of hydrogen-bond donors (Lipinski definition) is 2. The van der Waals surface area contributed by atoms with Gasteiger partial charge in [-0.3, -0.25) is 4.57 Å². The first-order chi connectivity index (χ1) is 10.9. The van der Waals surface area contributed by atoms with Gasteiger partial charge in [-0.2, -0.15) is 0 Å². The molecular formula is C16H11O6P. The third kappa shape index (κ3) is 2.43. The SMILES string of the molecule is O=C(O)/C=C(\C(=O)O)P1(=O)Oc2ccccc2-c2ccccc21. The molecule has 1 unspecified atom stereocenters. The van der Waals surface area contributed by atoms with E-state index in [0.717, 1.165) is 0 Å². The highest BCUT2D eigenvalue weighted by Gasteiger charge is 2.43. The summed E-state index contributed by atoms with van der Waals surface area (Å²) in [6.45, 7) is 0. The minimum atomic E-state index is -4.08. The normalized spacial score (nSPS) is 19.2. The minimum absolute atomic E-state index is 0.175. The number of carbonyl (C=O) groups is 2. The zero-order valence-corrected chi connectivity index (χ0v) is 12.6. The van der Waals surface area contributed by atoms with Crippen molar-refractivity contribution in [3.8, 4) is 16.9 Å². The van der Waals surface area contributed by atoms with Crippen LogP contribution in [0.5, 0.6) is 5.75 Å². The lowest BCUT2D eigenvalue weighted by molar-refractivity contribution is -0.134. The highest BCUT2D eigenvalue weighted by atomic mass is 31.2. The van der Waals surface area contributed by atoms with E-state index in [9.17, 15) is 19.3 Å². The van der Waals surface area contributed by atoms with Gasteiger partial charge in [0.25, 0.3) is 0 Å². The molecule has 0 aliphatic carbocycles. The van der Waals surface area contributed by atoms with Gasteiger partial charge < -0.3 is 14.7 Å². The second kappa shape index (κ2) is 5.41. The number of para-hydroxylation sites is 1. The molecule has 1 aliphatic heterocycles. The molecule has 2 aromatic rings. The number of carboxylic acids is 2. The van der Waals surface area contributed by atoms with E-state index < -0.39 is 24.6 Å². The highest BCUT2D eigenvalue weighted by molar-refractivity contribution is 7.73. The maximum Gasteiger partial charge on any atom is 0.343 e. The molecule has 0 bridgehead atoms. The minimum Gasteiger partial charge on any atom is -0.478 e. The first-order valence-electron chi connectivity index (χ1n) is 6.60. The Morgan fingerprint density at radius 2 is 1.57 bits per heavy atom. The van der Waals surface area contributed by atoms with Crippen molar-refractivity contribution in [2.24, 2.45) is 0 Å². The molecule has 1 atom stereocenters. The van der Waals surface area contributed by atoms with Crippen molar-refractivity contribution in [1.29, 1.82) is 0 Å². The molecule has 0 fully saturated rings. The second-order valence-electron chi connectivity index (χ2n) is 4.83. The van der Waals surface area contributed by atoms with Crippen LogP contribution < -0.4 is 9.83 Å². The standard InChI is InChI=1S/C16H11O6P/c17-15(18)9-14(16(19)20)23(21)13-8-4-2-6-11(13)10-5-1-3-7-12(10)22-23/h1-9H,(H,17,18)(H,19,20)/b14-9+. The Morgan fingerprint density at radius 3 is 2.22 bits per heavy atom. The van der Waals surface area contributed by atoms with Crippen LogP contribution in [-0.4, -0.2) is 22.2 Å². The molecule has 2 N–H and O–H groups in total. The van der Waals surface area contributed by atoms with Crippen molar-refractivity contribution in [3.05, 3.63) is 59.9 Å². The monoisotopic (exact) mass is 330 g/mol. The van der Waals surface area contributed by atoms with E-state index in [1.54, 1.807) is 42.5 Å². The first-order valence-corrected chi connectivity index (χ1v) is 8.23. The maximum absolute atomic E-state index is 13.4. The van der Waals surface area contributed by atoms with Gasteiger partial charge in [0.15, 0.2) is 0 Å². The van der Waals surface area contributed by atoms with Crippen LogP contribution in [0.25, 0.3) is 11.1 Å². The fraction of sp³-hybridized carbons (Fsp3) is 0. The van der Waals surface area contributed by atoms with Crippen LogP contribution >= 0.6 is 7.37 Å². The molecule has 2 aromatic carbocycles. The van der Waals surface area contributed by atoms with Crippen molar-refractivity contribution in [3.63, 3.8) is 0 Å². The molecule has 0 saturated carbocycles. The Bertz CT molecular complexity index is 899. The van der Waals surface area contributed by atoms with Crippen molar-refractivity contribution in [2.75, 3.05) is 0 Å². The second-order valence-corrected chi connectivity index (χ2v) is 7.08. The van der Waals surface area contributed by atoms with Crippen molar-refractivity contribution in [2.45, 2.75) is 0 Å². The van der Waals surface area contributed by atoms with Crippen molar-refractivity contribution >= 4 is 24.6 Å². The molecule has 23 heavy (non-hydrogen) atoms. The molecular weight excluding hydrogens is 319 g/mol. The summed E-state index contributed by atoms with van der Waals surface area (Å²) in [5.41, 5.74) is 1.24. The summed E-state index contributed by atoms with van der Waals surface area (Å²) in [4.78, 5) is 22.4. The lowest BCUT2D eigenvalue weighted by Gasteiger charge is -2.28. The third-order valence-electron chi connectivity index (χ3n) is 3.42. The predicted octanol–water partition coefficient (Wildman–Crippen LogP) is 2.70. The largest absolute Gasteiger partial charge is 0.478 e. The van der Waals surface area contributed by atoms with E-state index in [0.29, 0.717) is 17.2 Å². The fourth-order valence-corrected chi connectivity index (χ4v) is 4.70. The van der Waals surface area contributed by atoms with Gasteiger partial charge in [0.1, 0.15) is 11.1 Å². The van der Waals surface area contributed by atoms with Crippen LogP contribution in [0.15, 0.2) is 59.9 Å². The van der Waals surface area contributed by atoms with Crippen molar-refractivity contribution < 1.29 is 28.9 Å². The Kier molecular flexibility index (Phi) is 3.54. The van der Waals surface area contributed by atoms with Crippen LogP contribution in [0.4, 0.5) is 0 Å². The average molecular weight is 330 g/mol. The topological polar surface area (TPSA) is 101 Å². The van der Waals surface area contributed by atoms with E-state index in [-0.39, 0.29) is 11.1 Å². The quantitative estimate of drug-likeness (QED) is 0.663. The average Bonchev–Trinajstić information content (AvgIpc) is 2.52. The molecule has 1 aliphatic rings. The molecule has 0 radical (unpaired) electrons. The number of fused-ring (bicyclic) bond motifs is 3. The summed E-state index contributed by atoms with van der Waals surface area (Å²) in [6.07, 6.45) is 0.424. The Labute approximate surface area is 131 Å². The van der Waals surface area contributed by atoms with Crippen LogP contribution in [0.1, 0.15) is 0 Å². The molecule has 0 spiro atoms. The lowest BCUT2D eigenvalue weighted by atomic mass is 10.0. The molecule has 6 nitrogen and oxygen atoms in total. The molecule has 116 valence electrons. The Balaban J connectivity index is 2.32. The van der Waals surface area contributed by atoms with E-state index in [1.165, 1.54) is 6.07 Å². The van der Waals surface area contributed by atoms with Gasteiger partial charge >= 0.3 is 19.3 Å². The van der Waals surface area contributed by atoms with Gasteiger partial charge in [0.05, 0.1) is 5.30 Å². The van der Waals surface area contributed by atoms with Gasteiger partial charge in [0, 0.05) is 11.6 Å². The molecule has 0 saturated heterocycles. The molecule has 7 heteroatoms. The lowest BCUT2D eigenvalue weighted by Crippen LogP contribution is -2.22. The summed E-state index contributed by atoms with van der Waals surface area (Å²) in [6, 6.07) is 13.3. The summed E-state index contributed by atoms with van der Waals surface area (Å²) >= 11 is 0. The number of carboxylic acid groups (broad SMARTS) is 2. The van der Waals surface area contributed by atoms with Gasteiger partial charge in [0.2, 0.25) is 0 Å². The van der Waals surface area contributed by atoms with Gasteiger partial charge in [-0.25, -0.2) is 9.59 Å². The van der Waals surface area contributed by atoms with E-state index >= 15 is 0 Å². The third-order valence-corrected chi connectivity index (χ3v) is 5.85. The number of hydrogen-bond acceptors (Lipinski definition) is 4. The number of benzene rings is 2. The van der Waals surface area contributed by atoms with Crippen LogP contribution in [0.2, 0.25) is 0 Å². The molecule has 1 heterocycles. The zero-order chi connectivity index (χ0) is 16.6. The zero-order valence-electron chi connectivity index (χ0n) is 11.7. The van der Waals surface area contributed by atoms with Gasteiger partial charge in [-0.05, 0) is 17.7 Å². The Hall–Kier alpha value is -2.85. The first kappa shape index (κ1) is 15.1. The van der Waals surface area contributed by atoms with Crippen LogP contribution in [0.3, 0.4) is 0 Å².